The van der Waals surface area contributed by atoms with Crippen molar-refractivity contribution in [3.63, 3.8) is 0 Å². The molecule has 3 N–H and O–H groups in total. The summed E-state index contributed by atoms with van der Waals surface area (Å²) in [6.07, 6.45) is 4.38. The number of H-pyrrole nitrogens is 1. The fourth-order valence-electron chi connectivity index (χ4n) is 7.70. The summed E-state index contributed by atoms with van der Waals surface area (Å²) >= 11 is 0. The van der Waals surface area contributed by atoms with E-state index in [0.717, 1.165) is 76.1 Å². The van der Waals surface area contributed by atoms with Gasteiger partial charge in [-0.2, -0.15) is 5.10 Å². The summed E-state index contributed by atoms with van der Waals surface area (Å²) in [5, 5.41) is 5.33. The van der Waals surface area contributed by atoms with Crippen LogP contribution < -0.4 is 10.5 Å². The van der Waals surface area contributed by atoms with Crippen molar-refractivity contribution >= 4 is 32.3 Å². The summed E-state index contributed by atoms with van der Waals surface area (Å²) in [7, 11) is -2.87. The summed E-state index contributed by atoms with van der Waals surface area (Å²) in [4.78, 5) is 19.6. The van der Waals surface area contributed by atoms with Gasteiger partial charge in [0.2, 0.25) is 5.78 Å². The van der Waals surface area contributed by atoms with E-state index in [0.29, 0.717) is 29.7 Å². The van der Waals surface area contributed by atoms with E-state index < -0.39 is 9.84 Å². The Morgan fingerprint density at radius 3 is 2.38 bits per heavy atom. The highest BCUT2D eigenvalue weighted by Gasteiger charge is 2.39. The predicted molar refractivity (Wildman–Crippen MR) is 206 cm³/mol. The van der Waals surface area contributed by atoms with Gasteiger partial charge in [0, 0.05) is 35.6 Å². The maximum Gasteiger partial charge on any atom is 0.214 e. The SMILES string of the molecule is Cc1cc(-n2ncc(C(=O)c3cc4cc(OC5CCN(C6CS(=O)(=O)C6)CC5)c(-c5ccccc5C)cc4[nH]3)c2N)ccc1CCc1ccccc1F. The first-order chi connectivity index (χ1) is 25.5. The van der Waals surface area contributed by atoms with Crippen LogP contribution in [0, 0.1) is 19.7 Å². The number of aryl methyl sites for hydroxylation is 4. The third kappa shape index (κ3) is 6.98. The molecule has 8 rings (SSSR count). The lowest BCUT2D eigenvalue weighted by atomic mass is 9.98. The van der Waals surface area contributed by atoms with Gasteiger partial charge >= 0.3 is 0 Å². The number of nitrogens with one attached hydrogen (secondary N) is 1. The number of nitrogen functional groups attached to an aromatic ring is 1. The third-order valence-electron chi connectivity index (χ3n) is 10.8. The van der Waals surface area contributed by atoms with Gasteiger partial charge in [-0.3, -0.25) is 9.69 Å². The molecule has 0 aliphatic carbocycles. The summed E-state index contributed by atoms with van der Waals surface area (Å²) in [6, 6.07) is 26.9. The Balaban J connectivity index is 1.03. The zero-order chi connectivity index (χ0) is 36.9. The van der Waals surface area contributed by atoms with Crippen molar-refractivity contribution in [2.24, 2.45) is 0 Å². The quantitative estimate of drug-likeness (QED) is 0.145. The molecule has 6 aromatic rings. The summed E-state index contributed by atoms with van der Waals surface area (Å²) in [6.45, 7) is 5.67. The van der Waals surface area contributed by atoms with Crippen LogP contribution >= 0.6 is 0 Å². The first kappa shape index (κ1) is 34.8. The third-order valence-corrected chi connectivity index (χ3v) is 12.6. The molecule has 0 radical (unpaired) electrons. The molecule has 0 atom stereocenters. The monoisotopic (exact) mass is 731 g/mol. The lowest BCUT2D eigenvalue weighted by Gasteiger charge is -2.41. The number of rotatable bonds is 10. The summed E-state index contributed by atoms with van der Waals surface area (Å²) in [5.41, 5.74) is 14.7. The number of sulfone groups is 1. The van der Waals surface area contributed by atoms with E-state index >= 15 is 0 Å². The molecule has 0 saturated carbocycles. The average molecular weight is 732 g/mol. The smallest absolute Gasteiger partial charge is 0.214 e. The lowest BCUT2D eigenvalue weighted by molar-refractivity contribution is 0.0828. The van der Waals surface area contributed by atoms with Gasteiger partial charge in [-0.05, 0) is 104 Å². The molecule has 4 aromatic carbocycles. The Kier molecular flexibility index (Phi) is 9.16. The standard InChI is InChI=1S/C42H42FN5O4S/c1-26-7-3-5-9-34(26)35-22-38-30(21-40(35)52-33-15-17-47(18-16-33)32-24-53(50,51)25-32)20-39(46-38)41(49)36-23-45-48(42(36)44)31-14-13-28(27(2)19-31)11-12-29-8-4-6-10-37(29)43/h3-10,13-14,19-23,32-33,46H,11-12,15-18,24-25,44H2,1-2H3. The number of benzene rings is 4. The Bertz CT molecular complexity index is 2450. The van der Waals surface area contributed by atoms with E-state index in [-0.39, 0.29) is 41.1 Å². The molecule has 11 heteroatoms. The van der Waals surface area contributed by atoms with Crippen molar-refractivity contribution in [1.29, 1.82) is 0 Å². The molecule has 2 saturated heterocycles. The summed E-state index contributed by atoms with van der Waals surface area (Å²) < 4.78 is 45.9. The summed E-state index contributed by atoms with van der Waals surface area (Å²) in [5.74, 6) is 1.02. The van der Waals surface area contributed by atoms with Gasteiger partial charge in [-0.25, -0.2) is 17.5 Å². The molecule has 9 nitrogen and oxygen atoms in total. The first-order valence-corrected chi connectivity index (χ1v) is 19.9. The van der Waals surface area contributed by atoms with Gasteiger partial charge in [0.1, 0.15) is 23.5 Å². The van der Waals surface area contributed by atoms with E-state index in [2.05, 4.69) is 34.0 Å². The molecule has 0 unspecified atom stereocenters. The van der Waals surface area contributed by atoms with Gasteiger partial charge in [0.15, 0.2) is 9.84 Å². The number of likely N-dealkylation sites (tertiary alicyclic amines) is 1. The topological polar surface area (TPSA) is 123 Å². The first-order valence-electron chi connectivity index (χ1n) is 18.1. The number of aromatic nitrogens is 3. The van der Waals surface area contributed by atoms with Crippen molar-refractivity contribution in [2.75, 3.05) is 30.3 Å². The molecular formula is C42H42FN5O4S. The Labute approximate surface area is 308 Å². The van der Waals surface area contributed by atoms with E-state index in [4.69, 9.17) is 10.5 Å². The molecule has 4 heterocycles. The van der Waals surface area contributed by atoms with Crippen LogP contribution in [0.1, 0.15) is 51.1 Å². The van der Waals surface area contributed by atoms with Crippen molar-refractivity contribution in [3.8, 4) is 22.6 Å². The van der Waals surface area contributed by atoms with Crippen molar-refractivity contribution < 1.29 is 22.3 Å². The Hall–Kier alpha value is -5.26. The van der Waals surface area contributed by atoms with Crippen LogP contribution in [0.2, 0.25) is 0 Å². The molecule has 2 aliphatic rings. The van der Waals surface area contributed by atoms with E-state index in [1.54, 1.807) is 10.7 Å². The van der Waals surface area contributed by atoms with Crippen LogP contribution in [0.3, 0.4) is 0 Å². The van der Waals surface area contributed by atoms with Gasteiger partial charge in [0.25, 0.3) is 0 Å². The zero-order valence-electron chi connectivity index (χ0n) is 29.8. The second kappa shape index (κ2) is 13.9. The lowest BCUT2D eigenvalue weighted by Crippen LogP contribution is -2.56. The number of piperidine rings is 1. The minimum absolute atomic E-state index is 0.0154. The molecule has 0 bridgehead atoms. The number of fused-ring (bicyclic) bond motifs is 1. The minimum atomic E-state index is -2.87. The number of halogens is 1. The molecule has 0 amide bonds. The van der Waals surface area contributed by atoms with Gasteiger partial charge in [-0.15, -0.1) is 0 Å². The maximum atomic E-state index is 14.2. The van der Waals surface area contributed by atoms with Crippen LogP contribution in [0.4, 0.5) is 10.2 Å². The molecule has 272 valence electrons. The second-order valence-corrected chi connectivity index (χ2v) is 16.6. The number of ketones is 1. The average Bonchev–Trinajstić information content (AvgIpc) is 3.73. The van der Waals surface area contributed by atoms with Crippen LogP contribution in [0.15, 0.2) is 91.1 Å². The fraction of sp³-hybridized carbons (Fsp3) is 0.286. The number of carbonyl (C=O) groups is 1. The number of hydrogen-bond donors (Lipinski definition) is 2. The number of carbonyl (C=O) groups excluding carboxylic acids is 1. The van der Waals surface area contributed by atoms with Gasteiger partial charge < -0.3 is 15.5 Å². The normalized spacial score (nSPS) is 16.5. The van der Waals surface area contributed by atoms with Crippen LogP contribution in [0.25, 0.3) is 27.7 Å². The maximum absolute atomic E-state index is 14.2. The highest BCUT2D eigenvalue weighted by Crippen LogP contribution is 2.38. The zero-order valence-corrected chi connectivity index (χ0v) is 30.6. The van der Waals surface area contributed by atoms with Gasteiger partial charge in [-0.1, -0.05) is 48.5 Å². The number of aromatic amines is 1. The van der Waals surface area contributed by atoms with E-state index in [1.807, 2.05) is 67.6 Å². The second-order valence-electron chi connectivity index (χ2n) is 14.4. The Morgan fingerprint density at radius 1 is 0.906 bits per heavy atom. The minimum Gasteiger partial charge on any atom is -0.490 e. The predicted octanol–water partition coefficient (Wildman–Crippen LogP) is 7.02. The number of anilines is 1. The van der Waals surface area contributed by atoms with Crippen molar-refractivity contribution in [3.05, 3.63) is 130 Å². The molecule has 0 spiro atoms. The highest BCUT2D eigenvalue weighted by atomic mass is 32.2. The molecule has 2 fully saturated rings. The molecule has 53 heavy (non-hydrogen) atoms. The van der Waals surface area contributed by atoms with Crippen LogP contribution in [0.5, 0.6) is 5.75 Å². The van der Waals surface area contributed by atoms with Crippen LogP contribution in [-0.4, -0.2) is 70.6 Å². The van der Waals surface area contributed by atoms with E-state index in [1.165, 1.54) is 12.3 Å². The molecule has 2 aliphatic heterocycles. The number of nitrogens with two attached hydrogens (primary N) is 1. The van der Waals surface area contributed by atoms with Crippen LogP contribution in [-0.2, 0) is 22.7 Å². The number of nitrogens with zero attached hydrogens (tertiary/aromatic N) is 3. The van der Waals surface area contributed by atoms with E-state index in [9.17, 15) is 17.6 Å². The number of ether oxygens (including phenoxy) is 1. The van der Waals surface area contributed by atoms with Gasteiger partial charge in [0.05, 0.1) is 34.6 Å². The molecular weight excluding hydrogens is 690 g/mol. The number of hydrogen-bond acceptors (Lipinski definition) is 7. The largest absolute Gasteiger partial charge is 0.490 e. The fourth-order valence-corrected chi connectivity index (χ4v) is 9.19. The highest BCUT2D eigenvalue weighted by molar-refractivity contribution is 7.92. The Morgan fingerprint density at radius 2 is 1.64 bits per heavy atom. The van der Waals surface area contributed by atoms with Crippen molar-refractivity contribution in [1.82, 2.24) is 19.7 Å². The van der Waals surface area contributed by atoms with Crippen molar-refractivity contribution in [2.45, 2.75) is 51.7 Å². The molecule has 2 aromatic heterocycles.